The van der Waals surface area contributed by atoms with Crippen LogP contribution in [0, 0.1) is 0 Å². The molecule has 0 saturated carbocycles. The van der Waals surface area contributed by atoms with Crippen LogP contribution in [0.25, 0.3) is 6.08 Å². The Kier molecular flexibility index (Phi) is 3.97. The van der Waals surface area contributed by atoms with Crippen LogP contribution in [-0.4, -0.2) is 11.9 Å². The molecule has 122 valence electrons. The van der Waals surface area contributed by atoms with E-state index in [2.05, 4.69) is 26.1 Å². The van der Waals surface area contributed by atoms with E-state index in [1.165, 1.54) is 5.56 Å². The van der Waals surface area contributed by atoms with Gasteiger partial charge in [-0.2, -0.15) is 0 Å². The van der Waals surface area contributed by atoms with Crippen molar-refractivity contribution in [1.29, 1.82) is 0 Å². The van der Waals surface area contributed by atoms with Crippen molar-refractivity contribution >= 4 is 23.7 Å². The molecule has 4 nitrogen and oxygen atoms in total. The summed E-state index contributed by atoms with van der Waals surface area (Å²) in [5.74, 6) is -0.342. The Bertz CT molecular complexity index is 800. The van der Waals surface area contributed by atoms with Gasteiger partial charge in [-0.1, -0.05) is 63.2 Å². The average molecular weight is 320 g/mol. The predicted octanol–water partition coefficient (Wildman–Crippen LogP) is 4.08. The molecule has 3 amide bonds. The maximum absolute atomic E-state index is 12.5. The van der Waals surface area contributed by atoms with E-state index in [1.54, 1.807) is 30.3 Å². The van der Waals surface area contributed by atoms with Gasteiger partial charge in [0, 0.05) is 0 Å². The molecule has 0 unspecified atom stereocenters. The summed E-state index contributed by atoms with van der Waals surface area (Å²) in [5, 5.41) is 2.64. The van der Waals surface area contributed by atoms with Crippen LogP contribution >= 0.6 is 0 Å². The lowest BCUT2D eigenvalue weighted by molar-refractivity contribution is -0.113. The van der Waals surface area contributed by atoms with Gasteiger partial charge in [-0.05, 0) is 34.8 Å². The second kappa shape index (κ2) is 5.96. The molecule has 2 aromatic carbocycles. The monoisotopic (exact) mass is 320 g/mol. The SMILES string of the molecule is CC(C)(C)c1ccc(/C=C2/NC(=O)N(c3ccccc3)C2=O)cc1. The maximum Gasteiger partial charge on any atom is 0.333 e. The Morgan fingerprint density at radius 2 is 1.54 bits per heavy atom. The molecule has 4 heteroatoms. The first-order valence-corrected chi connectivity index (χ1v) is 7.89. The summed E-state index contributed by atoms with van der Waals surface area (Å²) < 4.78 is 0. The third kappa shape index (κ3) is 3.08. The summed E-state index contributed by atoms with van der Waals surface area (Å²) in [7, 11) is 0. The normalized spacial score (nSPS) is 16.6. The molecule has 3 rings (SSSR count). The number of anilines is 1. The molecular weight excluding hydrogens is 300 g/mol. The van der Waals surface area contributed by atoms with Crippen molar-refractivity contribution in [3.05, 3.63) is 71.4 Å². The number of imide groups is 1. The quantitative estimate of drug-likeness (QED) is 0.669. The molecule has 0 aromatic heterocycles. The minimum atomic E-state index is -0.427. The fraction of sp³-hybridized carbons (Fsp3) is 0.200. The first-order valence-electron chi connectivity index (χ1n) is 7.89. The molecule has 1 aliphatic heterocycles. The van der Waals surface area contributed by atoms with Gasteiger partial charge in [-0.25, -0.2) is 9.69 Å². The average Bonchev–Trinajstić information content (AvgIpc) is 2.82. The van der Waals surface area contributed by atoms with Crippen LogP contribution in [0.5, 0.6) is 0 Å². The van der Waals surface area contributed by atoms with E-state index < -0.39 is 6.03 Å². The van der Waals surface area contributed by atoms with Gasteiger partial charge in [0.2, 0.25) is 0 Å². The highest BCUT2D eigenvalue weighted by atomic mass is 16.2. The van der Waals surface area contributed by atoms with Crippen LogP contribution in [-0.2, 0) is 10.2 Å². The van der Waals surface area contributed by atoms with Gasteiger partial charge in [0.15, 0.2) is 0 Å². The highest BCUT2D eigenvalue weighted by molar-refractivity contribution is 6.28. The van der Waals surface area contributed by atoms with Crippen molar-refractivity contribution in [3.63, 3.8) is 0 Å². The Labute approximate surface area is 141 Å². The molecule has 0 bridgehead atoms. The highest BCUT2D eigenvalue weighted by Crippen LogP contribution is 2.24. The lowest BCUT2D eigenvalue weighted by Gasteiger charge is -2.18. The van der Waals surface area contributed by atoms with Gasteiger partial charge >= 0.3 is 6.03 Å². The number of hydrogen-bond donors (Lipinski definition) is 1. The van der Waals surface area contributed by atoms with E-state index in [0.29, 0.717) is 5.69 Å². The Balaban J connectivity index is 1.87. The fourth-order valence-corrected chi connectivity index (χ4v) is 2.59. The zero-order chi connectivity index (χ0) is 17.3. The molecule has 1 fully saturated rings. The second-order valence-corrected chi connectivity index (χ2v) is 6.84. The summed E-state index contributed by atoms with van der Waals surface area (Å²) in [4.78, 5) is 25.8. The van der Waals surface area contributed by atoms with E-state index in [9.17, 15) is 9.59 Å². The minimum Gasteiger partial charge on any atom is -0.302 e. The van der Waals surface area contributed by atoms with Crippen molar-refractivity contribution < 1.29 is 9.59 Å². The van der Waals surface area contributed by atoms with Crippen LogP contribution in [0.2, 0.25) is 0 Å². The zero-order valence-corrected chi connectivity index (χ0v) is 14.0. The summed E-state index contributed by atoms with van der Waals surface area (Å²) in [5.41, 5.74) is 3.02. The van der Waals surface area contributed by atoms with Crippen molar-refractivity contribution in [2.45, 2.75) is 26.2 Å². The number of rotatable bonds is 2. The van der Waals surface area contributed by atoms with Gasteiger partial charge in [0.25, 0.3) is 5.91 Å². The van der Waals surface area contributed by atoms with E-state index in [-0.39, 0.29) is 17.0 Å². The van der Waals surface area contributed by atoms with Crippen LogP contribution in [0.4, 0.5) is 10.5 Å². The summed E-state index contributed by atoms with van der Waals surface area (Å²) in [6.45, 7) is 6.46. The first kappa shape index (κ1) is 16.0. The van der Waals surface area contributed by atoms with Crippen molar-refractivity contribution in [2.75, 3.05) is 4.90 Å². The number of carbonyl (C=O) groups excluding carboxylic acids is 2. The number of benzene rings is 2. The van der Waals surface area contributed by atoms with Crippen LogP contribution in [0.15, 0.2) is 60.3 Å². The molecule has 1 aliphatic rings. The Hall–Kier alpha value is -2.88. The lowest BCUT2D eigenvalue weighted by atomic mass is 9.87. The van der Waals surface area contributed by atoms with Gasteiger partial charge in [-0.15, -0.1) is 0 Å². The smallest absolute Gasteiger partial charge is 0.302 e. The Morgan fingerprint density at radius 3 is 2.12 bits per heavy atom. The molecule has 0 radical (unpaired) electrons. The van der Waals surface area contributed by atoms with Gasteiger partial charge in [-0.3, -0.25) is 4.79 Å². The molecule has 0 aliphatic carbocycles. The summed E-state index contributed by atoms with van der Waals surface area (Å²) >= 11 is 0. The number of para-hydroxylation sites is 1. The van der Waals surface area contributed by atoms with Crippen molar-refractivity contribution in [1.82, 2.24) is 5.32 Å². The van der Waals surface area contributed by atoms with Crippen molar-refractivity contribution in [2.24, 2.45) is 0 Å². The number of hydrogen-bond acceptors (Lipinski definition) is 2. The molecular formula is C20H20N2O2. The van der Waals surface area contributed by atoms with Gasteiger partial charge in [0.05, 0.1) is 5.69 Å². The largest absolute Gasteiger partial charge is 0.333 e. The minimum absolute atomic E-state index is 0.0766. The molecule has 2 aromatic rings. The number of nitrogens with one attached hydrogen (secondary N) is 1. The van der Waals surface area contributed by atoms with E-state index >= 15 is 0 Å². The molecule has 0 atom stereocenters. The fourth-order valence-electron chi connectivity index (χ4n) is 2.59. The van der Waals surface area contributed by atoms with Crippen molar-refractivity contribution in [3.8, 4) is 0 Å². The van der Waals surface area contributed by atoms with Crippen LogP contribution in [0.1, 0.15) is 31.9 Å². The van der Waals surface area contributed by atoms with E-state index in [4.69, 9.17) is 0 Å². The topological polar surface area (TPSA) is 49.4 Å². The number of nitrogens with zero attached hydrogens (tertiary/aromatic N) is 1. The third-order valence-corrected chi connectivity index (χ3v) is 3.98. The van der Waals surface area contributed by atoms with E-state index in [1.807, 2.05) is 30.3 Å². The number of carbonyl (C=O) groups is 2. The predicted molar refractivity (Wildman–Crippen MR) is 95.6 cm³/mol. The van der Waals surface area contributed by atoms with E-state index in [0.717, 1.165) is 10.5 Å². The standard InChI is InChI=1S/C20H20N2O2/c1-20(2,3)15-11-9-14(10-12-15)13-17-18(23)22(19(24)21-17)16-7-5-4-6-8-16/h4-13H,1-3H3,(H,21,24)/b17-13+. The zero-order valence-electron chi connectivity index (χ0n) is 14.0. The van der Waals surface area contributed by atoms with Gasteiger partial charge in [0.1, 0.15) is 5.70 Å². The summed E-state index contributed by atoms with van der Waals surface area (Å²) in [6, 6.07) is 16.5. The van der Waals surface area contributed by atoms with Gasteiger partial charge < -0.3 is 5.32 Å². The Morgan fingerprint density at radius 1 is 0.917 bits per heavy atom. The highest BCUT2D eigenvalue weighted by Gasteiger charge is 2.34. The number of amides is 3. The lowest BCUT2D eigenvalue weighted by Crippen LogP contribution is -2.30. The molecule has 1 N–H and O–H groups in total. The molecule has 1 saturated heterocycles. The number of urea groups is 1. The van der Waals surface area contributed by atoms with Crippen LogP contribution < -0.4 is 10.2 Å². The summed E-state index contributed by atoms with van der Waals surface area (Å²) in [6.07, 6.45) is 1.70. The van der Waals surface area contributed by atoms with Crippen LogP contribution in [0.3, 0.4) is 0 Å². The third-order valence-electron chi connectivity index (χ3n) is 3.98. The molecule has 24 heavy (non-hydrogen) atoms. The maximum atomic E-state index is 12.5. The second-order valence-electron chi connectivity index (χ2n) is 6.84. The molecule has 0 spiro atoms. The first-order chi connectivity index (χ1) is 11.4. The molecule has 1 heterocycles.